The molecule has 0 radical (unpaired) electrons. The molecular formula is C27H31BrN2O4S2. The highest BCUT2D eigenvalue weighted by Gasteiger charge is 2.27. The summed E-state index contributed by atoms with van der Waals surface area (Å²) in [6.45, 7) is 4.65. The summed E-state index contributed by atoms with van der Waals surface area (Å²) in [5.74, 6) is 2.11. The van der Waals surface area contributed by atoms with Gasteiger partial charge in [0.2, 0.25) is 5.91 Å². The van der Waals surface area contributed by atoms with Crippen molar-refractivity contribution in [3.63, 3.8) is 0 Å². The molecule has 0 aliphatic rings. The van der Waals surface area contributed by atoms with Gasteiger partial charge in [0, 0.05) is 16.8 Å². The number of halogens is 1. The number of nitrogens with one attached hydrogen (secondary N) is 1. The number of aryl methyl sites for hydroxylation is 1. The summed E-state index contributed by atoms with van der Waals surface area (Å²) < 4.78 is 34.3. The van der Waals surface area contributed by atoms with Crippen LogP contribution in [0.15, 0.2) is 82.2 Å². The molecule has 6 nitrogen and oxygen atoms in total. The molecule has 1 N–H and O–H groups in total. The smallest absolute Gasteiger partial charge is 0.264 e. The number of carbonyl (C=O) groups is 1. The third-order valence-electron chi connectivity index (χ3n) is 5.43. The number of thioether (sulfide) groups is 1. The van der Waals surface area contributed by atoms with Gasteiger partial charge in [-0.2, -0.15) is 11.8 Å². The molecule has 0 aliphatic heterocycles. The van der Waals surface area contributed by atoms with Crippen LogP contribution in [0, 0.1) is 6.92 Å². The van der Waals surface area contributed by atoms with E-state index in [4.69, 9.17) is 4.74 Å². The second kappa shape index (κ2) is 13.7. The number of hydrogen-bond donors (Lipinski definition) is 1. The fourth-order valence-electron chi connectivity index (χ4n) is 3.47. The molecule has 0 unspecified atom stereocenters. The average Bonchev–Trinajstić information content (AvgIpc) is 2.86. The molecule has 36 heavy (non-hydrogen) atoms. The number of anilines is 1. The topological polar surface area (TPSA) is 75.7 Å². The van der Waals surface area contributed by atoms with Crippen LogP contribution in [0.25, 0.3) is 0 Å². The molecule has 0 saturated heterocycles. The molecule has 9 heteroatoms. The number of hydrogen-bond acceptors (Lipinski definition) is 5. The summed E-state index contributed by atoms with van der Waals surface area (Å²) in [6, 6.07) is 21.4. The lowest BCUT2D eigenvalue weighted by atomic mass is 10.1. The molecule has 0 heterocycles. The summed E-state index contributed by atoms with van der Waals surface area (Å²) in [5.41, 5.74) is 2.99. The Morgan fingerprint density at radius 3 is 2.39 bits per heavy atom. The Morgan fingerprint density at radius 1 is 1.03 bits per heavy atom. The molecule has 0 bridgehead atoms. The third-order valence-corrected chi connectivity index (χ3v) is 8.84. The Morgan fingerprint density at radius 2 is 1.72 bits per heavy atom. The summed E-state index contributed by atoms with van der Waals surface area (Å²) in [7, 11) is -3.96. The highest BCUT2D eigenvalue weighted by Crippen LogP contribution is 2.26. The van der Waals surface area contributed by atoms with Crippen molar-refractivity contribution < 1.29 is 17.9 Å². The summed E-state index contributed by atoms with van der Waals surface area (Å²) >= 11 is 5.15. The number of ether oxygens (including phenoxy) is 1. The Labute approximate surface area is 226 Å². The van der Waals surface area contributed by atoms with Crippen molar-refractivity contribution in [3.05, 3.63) is 88.4 Å². The molecule has 3 aromatic rings. The van der Waals surface area contributed by atoms with Gasteiger partial charge in [0.05, 0.1) is 17.2 Å². The zero-order valence-electron chi connectivity index (χ0n) is 20.4. The lowest BCUT2D eigenvalue weighted by Gasteiger charge is -2.24. The van der Waals surface area contributed by atoms with Crippen molar-refractivity contribution in [2.45, 2.75) is 30.9 Å². The second-order valence-electron chi connectivity index (χ2n) is 8.08. The molecule has 3 rings (SSSR count). The summed E-state index contributed by atoms with van der Waals surface area (Å²) in [6.07, 6.45) is 0.796. The number of benzene rings is 3. The van der Waals surface area contributed by atoms with Crippen LogP contribution in [0.4, 0.5) is 5.69 Å². The third kappa shape index (κ3) is 8.01. The van der Waals surface area contributed by atoms with Crippen LogP contribution in [0.3, 0.4) is 0 Å². The molecule has 3 aromatic carbocycles. The Balaban J connectivity index is 1.61. The highest BCUT2D eigenvalue weighted by molar-refractivity contribution is 9.10. The van der Waals surface area contributed by atoms with E-state index in [0.29, 0.717) is 24.6 Å². The van der Waals surface area contributed by atoms with Gasteiger partial charge < -0.3 is 10.1 Å². The molecule has 1 amide bonds. The minimum Gasteiger partial charge on any atom is -0.494 e. The summed E-state index contributed by atoms with van der Waals surface area (Å²) in [5, 5.41) is 2.87. The maximum absolute atomic E-state index is 13.5. The lowest BCUT2D eigenvalue weighted by molar-refractivity contribution is -0.119. The van der Waals surface area contributed by atoms with E-state index in [2.05, 4.69) is 40.3 Å². The molecular weight excluding hydrogens is 560 g/mol. The van der Waals surface area contributed by atoms with Crippen LogP contribution in [-0.4, -0.2) is 39.8 Å². The van der Waals surface area contributed by atoms with Crippen LogP contribution in [0.5, 0.6) is 5.75 Å². The molecule has 0 atom stereocenters. The van der Waals surface area contributed by atoms with E-state index >= 15 is 0 Å². The van der Waals surface area contributed by atoms with Crippen LogP contribution in [0.2, 0.25) is 0 Å². The van der Waals surface area contributed by atoms with E-state index in [9.17, 15) is 13.2 Å². The van der Waals surface area contributed by atoms with Gasteiger partial charge in [-0.25, -0.2) is 8.42 Å². The predicted molar refractivity (Wildman–Crippen MR) is 151 cm³/mol. The normalized spacial score (nSPS) is 11.2. The van der Waals surface area contributed by atoms with E-state index in [1.807, 2.05) is 30.8 Å². The molecule has 0 spiro atoms. The zero-order valence-corrected chi connectivity index (χ0v) is 23.7. The minimum absolute atomic E-state index is 0.111. The van der Waals surface area contributed by atoms with Gasteiger partial charge in [-0.15, -0.1) is 0 Å². The van der Waals surface area contributed by atoms with Crippen LogP contribution in [0.1, 0.15) is 24.5 Å². The molecule has 0 fully saturated rings. The number of carbonyl (C=O) groups excluding carboxylic acids is 1. The van der Waals surface area contributed by atoms with Gasteiger partial charge in [-0.3, -0.25) is 9.10 Å². The van der Waals surface area contributed by atoms with E-state index < -0.39 is 10.0 Å². The Bertz CT molecular complexity index is 1230. The van der Waals surface area contributed by atoms with Gasteiger partial charge >= 0.3 is 0 Å². The molecule has 192 valence electrons. The van der Waals surface area contributed by atoms with Crippen molar-refractivity contribution >= 4 is 49.3 Å². The monoisotopic (exact) mass is 590 g/mol. The van der Waals surface area contributed by atoms with Crippen molar-refractivity contribution in [1.29, 1.82) is 0 Å². The van der Waals surface area contributed by atoms with E-state index in [0.717, 1.165) is 26.7 Å². The first-order valence-electron chi connectivity index (χ1n) is 11.7. The van der Waals surface area contributed by atoms with Gasteiger partial charge in [-0.1, -0.05) is 40.2 Å². The second-order valence-corrected chi connectivity index (χ2v) is 12.0. The largest absolute Gasteiger partial charge is 0.494 e. The van der Waals surface area contributed by atoms with Crippen LogP contribution < -0.4 is 14.4 Å². The van der Waals surface area contributed by atoms with Crippen molar-refractivity contribution in [1.82, 2.24) is 5.32 Å². The maximum Gasteiger partial charge on any atom is 0.264 e. The summed E-state index contributed by atoms with van der Waals surface area (Å²) in [4.78, 5) is 12.9. The number of nitrogens with zero attached hydrogens (tertiary/aromatic N) is 1. The van der Waals surface area contributed by atoms with Crippen LogP contribution in [-0.2, 0) is 20.6 Å². The van der Waals surface area contributed by atoms with Crippen LogP contribution >= 0.6 is 27.7 Å². The minimum atomic E-state index is -3.96. The van der Waals surface area contributed by atoms with Gasteiger partial charge in [0.1, 0.15) is 12.3 Å². The van der Waals surface area contributed by atoms with Gasteiger partial charge in [0.15, 0.2) is 0 Å². The fourth-order valence-corrected chi connectivity index (χ4v) is 6.19. The Hall–Kier alpha value is -2.49. The van der Waals surface area contributed by atoms with Crippen molar-refractivity contribution in [2.75, 3.05) is 29.8 Å². The number of rotatable bonds is 13. The maximum atomic E-state index is 13.5. The molecule has 0 aliphatic carbocycles. The Kier molecular flexibility index (Phi) is 10.7. The lowest BCUT2D eigenvalue weighted by Crippen LogP contribution is -2.41. The average molecular weight is 592 g/mol. The molecule has 0 saturated carbocycles. The van der Waals surface area contributed by atoms with Crippen molar-refractivity contribution in [2.24, 2.45) is 0 Å². The highest BCUT2D eigenvalue weighted by atomic mass is 79.9. The van der Waals surface area contributed by atoms with Crippen molar-refractivity contribution in [3.8, 4) is 5.75 Å². The predicted octanol–water partition coefficient (Wildman–Crippen LogP) is 5.79. The standard InChI is InChI=1S/C27H31BrN2O4S2/c1-3-34-25-13-11-24(12-14-25)30(36(32,33)26-15-9-23(28)10-16-26)19-27(31)29-17-6-18-35-20-22-8-5-4-7-21(22)2/h4-5,7-16H,3,6,17-20H2,1-2H3,(H,29,31). The van der Waals surface area contributed by atoms with E-state index in [-0.39, 0.29) is 17.3 Å². The number of amides is 1. The van der Waals surface area contributed by atoms with E-state index in [1.54, 1.807) is 36.4 Å². The quantitative estimate of drug-likeness (QED) is 0.255. The SMILES string of the molecule is CCOc1ccc(N(CC(=O)NCCCSCc2ccccc2C)S(=O)(=O)c2ccc(Br)cc2)cc1. The number of sulfonamides is 1. The van der Waals surface area contributed by atoms with E-state index in [1.165, 1.54) is 23.3 Å². The first-order valence-corrected chi connectivity index (χ1v) is 15.1. The van der Waals surface area contributed by atoms with Gasteiger partial charge in [-0.05, 0) is 85.7 Å². The first kappa shape index (κ1) is 28.1. The zero-order chi connectivity index (χ0) is 26.0. The fraction of sp³-hybridized carbons (Fsp3) is 0.296. The first-order chi connectivity index (χ1) is 17.3. The van der Waals surface area contributed by atoms with Gasteiger partial charge in [0.25, 0.3) is 10.0 Å². The molecule has 0 aromatic heterocycles.